The van der Waals surface area contributed by atoms with Crippen LogP contribution in [0.15, 0.2) is 12.1 Å². The van der Waals surface area contributed by atoms with Crippen LogP contribution in [0.2, 0.25) is 0 Å². The Hall–Kier alpha value is -1.43. The Morgan fingerprint density at radius 1 is 1.53 bits per heavy atom. The summed E-state index contributed by atoms with van der Waals surface area (Å²) in [6, 6.07) is 4.19. The third kappa shape index (κ3) is 3.26. The van der Waals surface area contributed by atoms with Crippen molar-refractivity contribution in [3.05, 3.63) is 26.8 Å². The number of carbonyl (C=O) groups is 1. The molecule has 0 amide bonds. The van der Waals surface area contributed by atoms with Gasteiger partial charge in [0, 0.05) is 3.57 Å². The van der Waals surface area contributed by atoms with Crippen LogP contribution < -0.4 is 4.74 Å². The second kappa shape index (κ2) is 5.77. The molecule has 0 aromatic heterocycles. The van der Waals surface area contributed by atoms with Gasteiger partial charge in [0.2, 0.25) is 0 Å². The number of rotatable bonds is 3. The van der Waals surface area contributed by atoms with Crippen molar-refractivity contribution in [3.8, 4) is 11.8 Å². The minimum atomic E-state index is -3.05. The van der Waals surface area contributed by atoms with Crippen LogP contribution in [0.3, 0.4) is 0 Å². The summed E-state index contributed by atoms with van der Waals surface area (Å²) in [5.74, 6) is -1.15. The molecule has 0 unspecified atom stereocenters. The van der Waals surface area contributed by atoms with Gasteiger partial charge in [0.05, 0.1) is 12.7 Å². The molecule has 90 valence electrons. The third-order valence-electron chi connectivity index (χ3n) is 1.81. The van der Waals surface area contributed by atoms with Crippen LogP contribution in [0.25, 0.3) is 0 Å². The van der Waals surface area contributed by atoms with Crippen LogP contribution in [0.1, 0.15) is 15.9 Å². The fraction of sp³-hybridized carbons (Fsp3) is 0.200. The molecule has 0 saturated carbocycles. The summed E-state index contributed by atoms with van der Waals surface area (Å²) in [7, 11) is 1.11. The molecule has 0 aliphatic carbocycles. The molecule has 0 bridgehead atoms. The number of ether oxygens (including phenoxy) is 2. The normalized spacial score (nSPS) is 9.88. The van der Waals surface area contributed by atoms with Gasteiger partial charge in [0.15, 0.2) is 0 Å². The maximum Gasteiger partial charge on any atom is 0.387 e. The van der Waals surface area contributed by atoms with E-state index in [-0.39, 0.29) is 16.9 Å². The average Bonchev–Trinajstić information content (AvgIpc) is 2.27. The molecular weight excluding hydrogens is 347 g/mol. The molecule has 1 aromatic rings. The zero-order valence-corrected chi connectivity index (χ0v) is 10.7. The molecule has 0 atom stereocenters. The van der Waals surface area contributed by atoms with Gasteiger partial charge in [0.25, 0.3) is 0 Å². The molecule has 17 heavy (non-hydrogen) atoms. The first-order chi connectivity index (χ1) is 7.99. The number of nitrogens with zero attached hydrogens (tertiary/aromatic N) is 1. The number of benzene rings is 1. The minimum absolute atomic E-state index is 0.188. The molecular formula is C10H6F2INO3. The summed E-state index contributed by atoms with van der Waals surface area (Å²) in [4.78, 5) is 11.3. The molecule has 1 aromatic carbocycles. The zero-order chi connectivity index (χ0) is 13.0. The average molecular weight is 353 g/mol. The van der Waals surface area contributed by atoms with Gasteiger partial charge in [-0.25, -0.2) is 4.79 Å². The zero-order valence-electron chi connectivity index (χ0n) is 8.54. The van der Waals surface area contributed by atoms with Crippen LogP contribution in [0, 0.1) is 14.9 Å². The lowest BCUT2D eigenvalue weighted by Crippen LogP contribution is -2.10. The van der Waals surface area contributed by atoms with E-state index in [0.717, 1.165) is 13.2 Å². The van der Waals surface area contributed by atoms with Crippen molar-refractivity contribution in [2.45, 2.75) is 6.61 Å². The summed E-state index contributed by atoms with van der Waals surface area (Å²) < 4.78 is 33.3. The van der Waals surface area contributed by atoms with Crippen molar-refractivity contribution < 1.29 is 23.0 Å². The van der Waals surface area contributed by atoms with Crippen LogP contribution in [0.5, 0.6) is 5.75 Å². The van der Waals surface area contributed by atoms with E-state index >= 15 is 0 Å². The van der Waals surface area contributed by atoms with Gasteiger partial charge in [-0.1, -0.05) is 0 Å². The Balaban J connectivity index is 3.32. The fourth-order valence-corrected chi connectivity index (χ4v) is 1.66. The third-order valence-corrected chi connectivity index (χ3v) is 2.70. The lowest BCUT2D eigenvalue weighted by molar-refractivity contribution is -0.0504. The Morgan fingerprint density at radius 3 is 2.65 bits per heavy atom. The van der Waals surface area contributed by atoms with Crippen molar-refractivity contribution in [3.63, 3.8) is 0 Å². The number of halogens is 3. The van der Waals surface area contributed by atoms with Crippen molar-refractivity contribution in [2.24, 2.45) is 0 Å². The van der Waals surface area contributed by atoms with E-state index in [0.29, 0.717) is 3.57 Å². The van der Waals surface area contributed by atoms with E-state index in [1.807, 2.05) is 6.07 Å². The highest BCUT2D eigenvalue weighted by Gasteiger charge is 2.19. The smallest absolute Gasteiger partial charge is 0.387 e. The first-order valence-electron chi connectivity index (χ1n) is 4.26. The SMILES string of the molecule is COC(=O)c1cc(C#N)c(I)cc1OC(F)F. The first-order valence-corrected chi connectivity index (χ1v) is 5.34. The quantitative estimate of drug-likeness (QED) is 0.619. The second-order valence-corrected chi connectivity index (χ2v) is 3.97. The monoisotopic (exact) mass is 353 g/mol. The lowest BCUT2D eigenvalue weighted by Gasteiger charge is -2.10. The molecule has 1 rings (SSSR count). The van der Waals surface area contributed by atoms with Crippen molar-refractivity contribution in [1.82, 2.24) is 0 Å². The molecule has 0 aliphatic heterocycles. The molecule has 0 fully saturated rings. The Morgan fingerprint density at radius 2 is 2.18 bits per heavy atom. The number of carbonyl (C=O) groups excluding carboxylic acids is 1. The maximum atomic E-state index is 12.1. The number of methoxy groups -OCH3 is 1. The molecule has 4 nitrogen and oxygen atoms in total. The number of esters is 1. The molecule has 0 N–H and O–H groups in total. The highest BCUT2D eigenvalue weighted by molar-refractivity contribution is 14.1. The summed E-state index contributed by atoms with van der Waals surface area (Å²) >= 11 is 1.79. The van der Waals surface area contributed by atoms with Crippen LogP contribution >= 0.6 is 22.6 Å². The summed E-state index contributed by atoms with van der Waals surface area (Å²) in [5.41, 5.74) is -0.0163. The van der Waals surface area contributed by atoms with E-state index in [1.165, 1.54) is 6.07 Å². The van der Waals surface area contributed by atoms with Crippen LogP contribution in [-0.2, 0) is 4.74 Å². The minimum Gasteiger partial charge on any atom is -0.465 e. The van der Waals surface area contributed by atoms with E-state index in [9.17, 15) is 13.6 Å². The largest absolute Gasteiger partial charge is 0.465 e. The number of nitriles is 1. The highest BCUT2D eigenvalue weighted by atomic mass is 127. The highest BCUT2D eigenvalue weighted by Crippen LogP contribution is 2.27. The Labute approximate surface area is 109 Å². The second-order valence-electron chi connectivity index (χ2n) is 2.81. The maximum absolute atomic E-state index is 12.1. The number of hydrogen-bond acceptors (Lipinski definition) is 4. The lowest BCUT2D eigenvalue weighted by atomic mass is 10.1. The predicted molar refractivity (Wildman–Crippen MR) is 61.8 cm³/mol. The summed E-state index contributed by atoms with van der Waals surface area (Å²) in [6.07, 6.45) is 0. The van der Waals surface area contributed by atoms with Crippen molar-refractivity contribution in [1.29, 1.82) is 5.26 Å². The Kier molecular flexibility index (Phi) is 4.62. The number of alkyl halides is 2. The number of hydrogen-bond donors (Lipinski definition) is 0. The first kappa shape index (κ1) is 13.6. The van der Waals surface area contributed by atoms with Gasteiger partial charge < -0.3 is 9.47 Å². The molecule has 0 radical (unpaired) electrons. The topological polar surface area (TPSA) is 59.3 Å². The van der Waals surface area contributed by atoms with Gasteiger partial charge >= 0.3 is 12.6 Å². The van der Waals surface area contributed by atoms with Gasteiger partial charge in [-0.2, -0.15) is 14.0 Å². The van der Waals surface area contributed by atoms with E-state index in [2.05, 4.69) is 9.47 Å². The predicted octanol–water partition coefficient (Wildman–Crippen LogP) is 2.55. The standard InChI is InChI=1S/C10H6F2INO3/c1-16-9(15)6-2-5(4-14)7(13)3-8(6)17-10(11)12/h2-3,10H,1H3. The van der Waals surface area contributed by atoms with Gasteiger partial charge in [-0.05, 0) is 34.7 Å². The van der Waals surface area contributed by atoms with Gasteiger partial charge in [-0.15, -0.1) is 0 Å². The van der Waals surface area contributed by atoms with E-state index in [4.69, 9.17) is 5.26 Å². The molecule has 0 aliphatic rings. The van der Waals surface area contributed by atoms with Gasteiger partial charge in [0.1, 0.15) is 17.4 Å². The molecule has 0 saturated heterocycles. The van der Waals surface area contributed by atoms with Gasteiger partial charge in [-0.3, -0.25) is 0 Å². The van der Waals surface area contributed by atoms with Crippen molar-refractivity contribution in [2.75, 3.05) is 7.11 Å². The summed E-state index contributed by atoms with van der Waals surface area (Å²) in [6.45, 7) is -3.05. The van der Waals surface area contributed by atoms with Crippen molar-refractivity contribution >= 4 is 28.6 Å². The summed E-state index contributed by atoms with van der Waals surface area (Å²) in [5, 5.41) is 8.77. The molecule has 0 heterocycles. The fourth-order valence-electron chi connectivity index (χ4n) is 1.10. The van der Waals surface area contributed by atoms with Crippen LogP contribution in [0.4, 0.5) is 8.78 Å². The molecule has 0 spiro atoms. The Bertz CT molecular complexity index is 485. The van der Waals surface area contributed by atoms with E-state index in [1.54, 1.807) is 22.6 Å². The molecule has 7 heteroatoms. The van der Waals surface area contributed by atoms with E-state index < -0.39 is 12.6 Å². The van der Waals surface area contributed by atoms with Crippen LogP contribution in [-0.4, -0.2) is 19.7 Å².